The van der Waals surface area contributed by atoms with Gasteiger partial charge in [0.05, 0.1) is 29.4 Å². The molecule has 7 heteroatoms. The number of hydrogen-bond donors (Lipinski definition) is 1. The van der Waals surface area contributed by atoms with Crippen LogP contribution in [0.2, 0.25) is 0 Å². The summed E-state index contributed by atoms with van der Waals surface area (Å²) in [5, 5.41) is 4.37. The molecule has 1 atom stereocenters. The van der Waals surface area contributed by atoms with Crippen molar-refractivity contribution in [1.29, 1.82) is 0 Å². The Morgan fingerprint density at radius 2 is 2.03 bits per heavy atom. The van der Waals surface area contributed by atoms with Gasteiger partial charge in [0.25, 0.3) is 5.91 Å². The first-order valence-electron chi connectivity index (χ1n) is 12.1. The molecule has 4 aromatic rings. The maximum absolute atomic E-state index is 13.8. The second kappa shape index (κ2) is 10.1. The third kappa shape index (κ3) is 4.70. The number of carbonyl (C=O) groups is 2. The molecule has 2 aromatic heterocycles. The van der Waals surface area contributed by atoms with E-state index in [0.717, 1.165) is 63.4 Å². The molecule has 0 saturated carbocycles. The third-order valence-corrected chi connectivity index (χ3v) is 8.55. The van der Waals surface area contributed by atoms with E-state index < -0.39 is 5.97 Å². The Morgan fingerprint density at radius 3 is 2.78 bits per heavy atom. The number of ether oxygens (including phenoxy) is 1. The zero-order valence-electron chi connectivity index (χ0n) is 20.5. The van der Waals surface area contributed by atoms with E-state index in [1.807, 2.05) is 49.4 Å². The van der Waals surface area contributed by atoms with Crippen molar-refractivity contribution in [3.63, 3.8) is 0 Å². The first kappa shape index (κ1) is 24.7. The highest BCUT2D eigenvalue weighted by Crippen LogP contribution is 2.41. The van der Waals surface area contributed by atoms with Gasteiger partial charge >= 0.3 is 5.97 Å². The van der Waals surface area contributed by atoms with E-state index >= 15 is 0 Å². The van der Waals surface area contributed by atoms with Crippen molar-refractivity contribution in [3.05, 3.63) is 80.1 Å². The maximum atomic E-state index is 13.8. The molecule has 0 fully saturated rings. The first-order chi connectivity index (χ1) is 17.4. The Balaban J connectivity index is 1.60. The molecule has 2 heterocycles. The molecule has 36 heavy (non-hydrogen) atoms. The van der Waals surface area contributed by atoms with Gasteiger partial charge in [0.2, 0.25) is 0 Å². The highest BCUT2D eigenvalue weighted by molar-refractivity contribution is 9.10. The van der Waals surface area contributed by atoms with Crippen molar-refractivity contribution in [3.8, 4) is 11.3 Å². The number of benzene rings is 2. The van der Waals surface area contributed by atoms with E-state index in [1.54, 1.807) is 0 Å². The highest BCUT2D eigenvalue weighted by Gasteiger charge is 2.30. The number of thiophene rings is 1. The zero-order valence-corrected chi connectivity index (χ0v) is 22.9. The zero-order chi connectivity index (χ0) is 25.4. The minimum absolute atomic E-state index is 0.273. The lowest BCUT2D eigenvalue weighted by Crippen LogP contribution is -2.17. The molecule has 0 bridgehead atoms. The van der Waals surface area contributed by atoms with Gasteiger partial charge < -0.3 is 10.1 Å². The number of amides is 1. The lowest BCUT2D eigenvalue weighted by atomic mass is 9.85. The molecule has 5 nitrogen and oxygen atoms in total. The van der Waals surface area contributed by atoms with Crippen LogP contribution in [0.4, 0.5) is 5.00 Å². The summed E-state index contributed by atoms with van der Waals surface area (Å²) >= 11 is 5.03. The van der Waals surface area contributed by atoms with Crippen LogP contribution in [0, 0.1) is 12.8 Å². The van der Waals surface area contributed by atoms with Crippen LogP contribution < -0.4 is 5.32 Å². The third-order valence-electron chi connectivity index (χ3n) is 6.89. The van der Waals surface area contributed by atoms with E-state index in [1.165, 1.54) is 23.3 Å². The van der Waals surface area contributed by atoms with Gasteiger partial charge in [-0.1, -0.05) is 53.0 Å². The number of fused-ring (bicyclic) bond motifs is 2. The van der Waals surface area contributed by atoms with Gasteiger partial charge in [-0.25, -0.2) is 9.78 Å². The Kier molecular flexibility index (Phi) is 6.95. The van der Waals surface area contributed by atoms with Crippen molar-refractivity contribution >= 4 is 55.0 Å². The number of anilines is 1. The van der Waals surface area contributed by atoms with Gasteiger partial charge in [-0.2, -0.15) is 0 Å². The minimum Gasteiger partial charge on any atom is -0.465 e. The fraction of sp³-hybridized carbons (Fsp3) is 0.276. The molecule has 0 aliphatic heterocycles. The number of nitrogens with one attached hydrogen (secondary N) is 1. The van der Waals surface area contributed by atoms with Crippen LogP contribution in [0.25, 0.3) is 22.2 Å². The number of methoxy groups -OCH3 is 1. The van der Waals surface area contributed by atoms with Crippen LogP contribution in [0.3, 0.4) is 0 Å². The minimum atomic E-state index is -0.402. The van der Waals surface area contributed by atoms with Gasteiger partial charge in [-0.3, -0.25) is 4.79 Å². The van der Waals surface area contributed by atoms with Gasteiger partial charge in [-0.15, -0.1) is 11.3 Å². The second-order valence-electron chi connectivity index (χ2n) is 9.26. The number of aryl methyl sites for hydroxylation is 1. The highest BCUT2D eigenvalue weighted by atomic mass is 79.9. The number of esters is 1. The van der Waals surface area contributed by atoms with Crippen molar-refractivity contribution < 1.29 is 14.3 Å². The topological polar surface area (TPSA) is 68.3 Å². The standard InChI is InChI=1S/C29H27BrN2O3S/c1-4-17-8-10-20-25(13-17)36-28(26(20)29(34)35-3)32-27(33)22-15-24(18-7-5-6-16(2)12-18)31-23-11-9-19(30)14-21(22)23/h5-7,9,11-12,14-15,17H,4,8,10,13H2,1-3H3,(H,32,33)/t17-/m1/s1. The number of hydrogen-bond acceptors (Lipinski definition) is 5. The molecule has 0 saturated heterocycles. The van der Waals surface area contributed by atoms with Crippen LogP contribution in [-0.4, -0.2) is 24.0 Å². The van der Waals surface area contributed by atoms with Crippen molar-refractivity contribution in [2.24, 2.45) is 5.92 Å². The molecule has 0 radical (unpaired) electrons. The molecule has 1 aliphatic rings. The summed E-state index contributed by atoms with van der Waals surface area (Å²) in [6, 6.07) is 15.6. The van der Waals surface area contributed by atoms with Gasteiger partial charge in [0, 0.05) is 20.3 Å². The Hall–Kier alpha value is -3.03. The monoisotopic (exact) mass is 562 g/mol. The number of pyridine rings is 1. The number of nitrogens with zero attached hydrogens (tertiary/aromatic N) is 1. The Labute approximate surface area is 223 Å². The molecular weight excluding hydrogens is 536 g/mol. The number of aromatic nitrogens is 1. The fourth-order valence-electron chi connectivity index (χ4n) is 4.92. The lowest BCUT2D eigenvalue weighted by Gasteiger charge is -2.20. The number of carbonyl (C=O) groups excluding carboxylic acids is 2. The summed E-state index contributed by atoms with van der Waals surface area (Å²) in [4.78, 5) is 32.6. The van der Waals surface area contributed by atoms with Gasteiger partial charge in [0.1, 0.15) is 5.00 Å². The molecule has 2 aromatic carbocycles. The van der Waals surface area contributed by atoms with Crippen molar-refractivity contribution in [2.45, 2.75) is 39.5 Å². The molecule has 0 unspecified atom stereocenters. The summed E-state index contributed by atoms with van der Waals surface area (Å²) < 4.78 is 5.98. The lowest BCUT2D eigenvalue weighted by molar-refractivity contribution is 0.0601. The average molecular weight is 564 g/mol. The molecule has 1 amide bonds. The van der Waals surface area contributed by atoms with Gasteiger partial charge in [-0.05, 0) is 68.0 Å². The van der Waals surface area contributed by atoms with Crippen LogP contribution in [0.15, 0.2) is 53.0 Å². The summed E-state index contributed by atoms with van der Waals surface area (Å²) in [7, 11) is 1.39. The van der Waals surface area contributed by atoms with Crippen molar-refractivity contribution in [1.82, 2.24) is 4.98 Å². The Morgan fingerprint density at radius 1 is 1.19 bits per heavy atom. The van der Waals surface area contributed by atoms with E-state index in [4.69, 9.17) is 9.72 Å². The van der Waals surface area contributed by atoms with Crippen LogP contribution in [0.5, 0.6) is 0 Å². The molecule has 1 N–H and O–H groups in total. The van der Waals surface area contributed by atoms with Crippen LogP contribution >= 0.6 is 27.3 Å². The van der Waals surface area contributed by atoms with E-state index in [0.29, 0.717) is 22.0 Å². The molecule has 0 spiro atoms. The molecule has 184 valence electrons. The molecular formula is C29H27BrN2O3S. The predicted octanol–water partition coefficient (Wildman–Crippen LogP) is 7.59. The smallest absolute Gasteiger partial charge is 0.341 e. The van der Waals surface area contributed by atoms with Crippen LogP contribution in [0.1, 0.15) is 56.5 Å². The quantitative estimate of drug-likeness (QED) is 0.254. The van der Waals surface area contributed by atoms with Gasteiger partial charge in [0.15, 0.2) is 0 Å². The number of halogens is 1. The largest absolute Gasteiger partial charge is 0.465 e. The molecule has 1 aliphatic carbocycles. The maximum Gasteiger partial charge on any atom is 0.341 e. The summed E-state index contributed by atoms with van der Waals surface area (Å²) in [5.41, 5.74) is 5.55. The average Bonchev–Trinajstić information content (AvgIpc) is 3.24. The normalized spacial score (nSPS) is 14.9. The van der Waals surface area contributed by atoms with Crippen molar-refractivity contribution in [2.75, 3.05) is 12.4 Å². The summed E-state index contributed by atoms with van der Waals surface area (Å²) in [6.45, 7) is 4.23. The van der Waals surface area contributed by atoms with Crippen LogP contribution in [-0.2, 0) is 17.6 Å². The molecule has 5 rings (SSSR count). The van der Waals surface area contributed by atoms with E-state index in [-0.39, 0.29) is 5.91 Å². The summed E-state index contributed by atoms with van der Waals surface area (Å²) in [6.07, 6.45) is 3.90. The van der Waals surface area contributed by atoms with E-state index in [2.05, 4.69) is 34.2 Å². The SMILES string of the molecule is CC[C@@H]1CCc2c(sc(NC(=O)c3cc(-c4cccc(C)c4)nc4ccc(Br)cc34)c2C(=O)OC)C1. The van der Waals surface area contributed by atoms with E-state index in [9.17, 15) is 9.59 Å². The predicted molar refractivity (Wildman–Crippen MR) is 149 cm³/mol. The summed E-state index contributed by atoms with van der Waals surface area (Å²) in [5.74, 6) is -0.0747. The fourth-order valence-corrected chi connectivity index (χ4v) is 6.62. The number of rotatable bonds is 5. The second-order valence-corrected chi connectivity index (χ2v) is 11.3. The Bertz CT molecular complexity index is 1490. The first-order valence-corrected chi connectivity index (χ1v) is 13.7.